The zero-order chi connectivity index (χ0) is 18.1. The number of hydrogen-bond acceptors (Lipinski definition) is 6. The third-order valence-corrected chi connectivity index (χ3v) is 4.81. The smallest absolute Gasteiger partial charge is 0.348 e. The number of nitrogens with zero attached hydrogens (tertiary/aromatic N) is 2. The molecule has 0 aliphatic rings. The normalized spacial score (nSPS) is 11.1. The number of rotatable bonds is 4. The highest BCUT2D eigenvalue weighted by Crippen LogP contribution is 2.27. The van der Waals surface area contributed by atoms with Crippen LogP contribution in [0.5, 0.6) is 5.75 Å². The molecule has 0 radical (unpaired) electrons. The van der Waals surface area contributed by atoms with Gasteiger partial charge in [-0.15, -0.1) is 5.10 Å². The van der Waals surface area contributed by atoms with Gasteiger partial charge in [0.2, 0.25) is 0 Å². The van der Waals surface area contributed by atoms with Crippen molar-refractivity contribution in [3.63, 3.8) is 0 Å². The van der Waals surface area contributed by atoms with Crippen molar-refractivity contribution in [1.29, 1.82) is 0 Å². The van der Waals surface area contributed by atoms with E-state index in [0.717, 1.165) is 10.9 Å². The van der Waals surface area contributed by atoms with Gasteiger partial charge in [-0.1, -0.05) is 30.0 Å². The predicted molar refractivity (Wildman–Crippen MR) is 97.9 cm³/mol. The minimum Gasteiger partial charge on any atom is -0.508 e. The summed E-state index contributed by atoms with van der Waals surface area (Å²) in [5.74, 6) is 0.431. The Balaban J connectivity index is 1.70. The number of thioether (sulfide) groups is 1. The van der Waals surface area contributed by atoms with Crippen LogP contribution in [0, 0.1) is 0 Å². The zero-order valence-corrected chi connectivity index (χ0v) is 14.2. The van der Waals surface area contributed by atoms with Crippen LogP contribution in [0.1, 0.15) is 5.56 Å². The van der Waals surface area contributed by atoms with Crippen LogP contribution >= 0.6 is 11.8 Å². The van der Waals surface area contributed by atoms with Gasteiger partial charge in [-0.05, 0) is 29.8 Å². The van der Waals surface area contributed by atoms with E-state index >= 15 is 0 Å². The molecule has 4 aromatic rings. The van der Waals surface area contributed by atoms with Gasteiger partial charge in [0.05, 0.1) is 5.69 Å². The maximum absolute atomic E-state index is 12.1. The van der Waals surface area contributed by atoms with Crippen LogP contribution in [0.4, 0.5) is 0 Å². The quantitative estimate of drug-likeness (QED) is 0.425. The van der Waals surface area contributed by atoms with Crippen molar-refractivity contribution in [2.24, 2.45) is 0 Å². The first-order valence-corrected chi connectivity index (χ1v) is 8.72. The summed E-state index contributed by atoms with van der Waals surface area (Å²) in [6, 6.07) is 15.2. The first-order valence-electron chi connectivity index (χ1n) is 7.73. The number of phenolic OH excluding ortho intramolecular Hbond substituents is 1. The molecule has 0 bridgehead atoms. The fourth-order valence-electron chi connectivity index (χ4n) is 2.66. The lowest BCUT2D eigenvalue weighted by Gasteiger charge is -2.07. The molecule has 0 amide bonds. The van der Waals surface area contributed by atoms with Gasteiger partial charge in [0.1, 0.15) is 11.3 Å². The molecule has 2 N–H and O–H groups in total. The molecule has 0 atom stereocenters. The van der Waals surface area contributed by atoms with Crippen molar-refractivity contribution in [2.45, 2.75) is 10.9 Å². The molecule has 0 spiro atoms. The Morgan fingerprint density at radius 2 is 1.92 bits per heavy atom. The topological polar surface area (TPSA) is 101 Å². The summed E-state index contributed by atoms with van der Waals surface area (Å²) in [5.41, 5.74) is 0.922. The van der Waals surface area contributed by atoms with Crippen molar-refractivity contribution in [3.05, 3.63) is 81.1 Å². The van der Waals surface area contributed by atoms with Gasteiger partial charge in [-0.2, -0.15) is 0 Å². The minimum absolute atomic E-state index is 0.0238. The Morgan fingerprint density at radius 1 is 1.12 bits per heavy atom. The second kappa shape index (κ2) is 6.57. The maximum Gasteiger partial charge on any atom is 0.348 e. The van der Waals surface area contributed by atoms with E-state index in [1.165, 1.54) is 34.5 Å². The number of benzene rings is 2. The van der Waals surface area contributed by atoms with Crippen LogP contribution < -0.4 is 11.3 Å². The van der Waals surface area contributed by atoms with E-state index in [1.54, 1.807) is 6.07 Å². The molecule has 4 rings (SSSR count). The van der Waals surface area contributed by atoms with E-state index in [-0.39, 0.29) is 11.4 Å². The lowest BCUT2D eigenvalue weighted by Crippen LogP contribution is -2.15. The summed E-state index contributed by atoms with van der Waals surface area (Å²) in [6.45, 7) is 0. The molecule has 0 aliphatic carbocycles. The zero-order valence-electron chi connectivity index (χ0n) is 13.4. The Labute approximate surface area is 150 Å². The fourth-order valence-corrected chi connectivity index (χ4v) is 3.62. The number of aromatic nitrogens is 3. The van der Waals surface area contributed by atoms with Crippen molar-refractivity contribution < 1.29 is 9.52 Å². The largest absolute Gasteiger partial charge is 0.508 e. The number of hydrogen-bond donors (Lipinski definition) is 2. The monoisotopic (exact) mass is 367 g/mol. The van der Waals surface area contributed by atoms with Crippen LogP contribution in [0.15, 0.2) is 73.8 Å². The number of phenols is 1. The summed E-state index contributed by atoms with van der Waals surface area (Å²) in [5, 5.41) is 17.3. The average Bonchev–Trinajstić information content (AvgIpc) is 3.00. The lowest BCUT2D eigenvalue weighted by atomic mass is 10.1. The number of aromatic hydroxyl groups is 1. The highest BCUT2D eigenvalue weighted by molar-refractivity contribution is 7.98. The fraction of sp³-hybridized carbons (Fsp3) is 0.0556. The van der Waals surface area contributed by atoms with Crippen molar-refractivity contribution >= 4 is 22.7 Å². The second-order valence-corrected chi connectivity index (χ2v) is 6.48. The molecule has 130 valence electrons. The van der Waals surface area contributed by atoms with Crippen molar-refractivity contribution in [2.75, 3.05) is 0 Å². The van der Waals surface area contributed by atoms with Crippen molar-refractivity contribution in [3.8, 4) is 11.4 Å². The third kappa shape index (κ3) is 3.02. The highest BCUT2D eigenvalue weighted by Gasteiger charge is 2.13. The molecule has 0 unspecified atom stereocenters. The number of nitrogens with one attached hydrogen (secondary N) is 1. The Hall–Kier alpha value is -3.26. The molecular weight excluding hydrogens is 354 g/mol. The van der Waals surface area contributed by atoms with Gasteiger partial charge >= 0.3 is 11.3 Å². The molecule has 2 heterocycles. The molecule has 26 heavy (non-hydrogen) atoms. The summed E-state index contributed by atoms with van der Waals surface area (Å²) in [6.07, 6.45) is 0. The van der Waals surface area contributed by atoms with Crippen LogP contribution in [-0.4, -0.2) is 19.9 Å². The second-order valence-electron chi connectivity index (χ2n) is 5.54. The lowest BCUT2D eigenvalue weighted by molar-refractivity contribution is 0.473. The molecule has 7 nitrogen and oxygen atoms in total. The van der Waals surface area contributed by atoms with Gasteiger partial charge in [-0.3, -0.25) is 0 Å². The number of H-pyrrole nitrogens is 1. The van der Waals surface area contributed by atoms with Gasteiger partial charge in [-0.25, -0.2) is 19.3 Å². The van der Waals surface area contributed by atoms with Crippen LogP contribution in [-0.2, 0) is 5.75 Å². The predicted octanol–water partition coefficient (Wildman–Crippen LogP) is 2.66. The van der Waals surface area contributed by atoms with E-state index < -0.39 is 5.63 Å². The highest BCUT2D eigenvalue weighted by atomic mass is 32.2. The Morgan fingerprint density at radius 3 is 2.73 bits per heavy atom. The first kappa shape index (κ1) is 16.2. The van der Waals surface area contributed by atoms with Crippen LogP contribution in [0.3, 0.4) is 0 Å². The molecule has 0 saturated carbocycles. The standard InChI is InChI=1S/C18H13N3O4S/c22-13-6-7-14-11(8-16(23)25-15(14)9-13)10-26-18-20-19-17(24)21(18)12-4-2-1-3-5-12/h1-9,22H,10H2,(H,19,24). The van der Waals surface area contributed by atoms with Gasteiger partial charge in [0.15, 0.2) is 5.16 Å². The van der Waals surface area contributed by atoms with E-state index in [0.29, 0.717) is 22.2 Å². The Bertz CT molecular complexity index is 1190. The van der Waals surface area contributed by atoms with Gasteiger partial charge in [0, 0.05) is 23.3 Å². The number of aromatic amines is 1. The summed E-state index contributed by atoms with van der Waals surface area (Å²) in [7, 11) is 0. The number of para-hydroxylation sites is 1. The maximum atomic E-state index is 12.1. The van der Waals surface area contributed by atoms with E-state index in [9.17, 15) is 14.7 Å². The van der Waals surface area contributed by atoms with Gasteiger partial charge in [0.25, 0.3) is 0 Å². The molecule has 2 aromatic heterocycles. The SMILES string of the molecule is O=c1cc(CSc2n[nH]c(=O)n2-c2ccccc2)c2ccc(O)cc2o1. The average molecular weight is 367 g/mol. The van der Waals surface area contributed by atoms with E-state index in [2.05, 4.69) is 10.2 Å². The summed E-state index contributed by atoms with van der Waals surface area (Å²) < 4.78 is 6.61. The minimum atomic E-state index is -0.499. The van der Waals surface area contributed by atoms with Gasteiger partial charge < -0.3 is 9.52 Å². The third-order valence-electron chi connectivity index (χ3n) is 3.83. The van der Waals surface area contributed by atoms with E-state index in [4.69, 9.17) is 4.42 Å². The summed E-state index contributed by atoms with van der Waals surface area (Å²) >= 11 is 1.32. The van der Waals surface area contributed by atoms with Crippen molar-refractivity contribution in [1.82, 2.24) is 14.8 Å². The molecule has 0 aliphatic heterocycles. The number of fused-ring (bicyclic) bond motifs is 1. The molecule has 0 fully saturated rings. The molecule has 0 saturated heterocycles. The first-order chi connectivity index (χ1) is 12.6. The molecule has 2 aromatic carbocycles. The van der Waals surface area contributed by atoms with Crippen LogP contribution in [0.25, 0.3) is 16.7 Å². The Kier molecular flexibility index (Phi) is 4.10. The van der Waals surface area contributed by atoms with Crippen LogP contribution in [0.2, 0.25) is 0 Å². The molecule has 8 heteroatoms. The molecular formula is C18H13N3O4S. The summed E-state index contributed by atoms with van der Waals surface area (Å²) in [4.78, 5) is 23.9. The van der Waals surface area contributed by atoms with E-state index in [1.807, 2.05) is 30.3 Å².